The molecule has 1 unspecified atom stereocenters. The molecule has 43 heavy (non-hydrogen) atoms. The van der Waals surface area contributed by atoms with E-state index in [4.69, 9.17) is 9.84 Å². The number of fused-ring (bicyclic) bond motifs is 2. The first-order chi connectivity index (χ1) is 20.4. The van der Waals surface area contributed by atoms with Crippen molar-refractivity contribution in [1.29, 1.82) is 0 Å². The lowest BCUT2D eigenvalue weighted by Crippen LogP contribution is -2.36. The predicted molar refractivity (Wildman–Crippen MR) is 166 cm³/mol. The van der Waals surface area contributed by atoms with E-state index in [0.717, 1.165) is 43.4 Å². The van der Waals surface area contributed by atoms with Gasteiger partial charge in [-0.25, -0.2) is 4.79 Å². The van der Waals surface area contributed by atoms with Gasteiger partial charge in [-0.2, -0.15) is 10.2 Å². The Labute approximate surface area is 255 Å². The second kappa shape index (κ2) is 11.1. The highest BCUT2D eigenvalue weighted by Crippen LogP contribution is 2.42. The van der Waals surface area contributed by atoms with E-state index in [2.05, 4.69) is 41.1 Å². The molecule has 1 fully saturated rings. The lowest BCUT2D eigenvalue weighted by Gasteiger charge is -2.32. The molecule has 4 heterocycles. The van der Waals surface area contributed by atoms with Crippen molar-refractivity contribution in [3.8, 4) is 11.1 Å². The summed E-state index contributed by atoms with van der Waals surface area (Å²) in [7, 11) is 1.96. The van der Waals surface area contributed by atoms with E-state index in [1.54, 1.807) is 6.92 Å². The molecule has 1 aromatic carbocycles. The topological polar surface area (TPSA) is 85.5 Å². The van der Waals surface area contributed by atoms with Crippen molar-refractivity contribution in [2.75, 3.05) is 19.6 Å². The molecule has 0 N–H and O–H groups in total. The Morgan fingerprint density at radius 1 is 1.09 bits per heavy atom. The summed E-state index contributed by atoms with van der Waals surface area (Å²) in [6.45, 7) is 12.3. The van der Waals surface area contributed by atoms with Crippen molar-refractivity contribution < 1.29 is 14.3 Å². The third kappa shape index (κ3) is 5.95. The Kier molecular flexibility index (Phi) is 7.63. The van der Waals surface area contributed by atoms with Gasteiger partial charge in [-0.3, -0.25) is 14.2 Å². The fraction of sp³-hybridized carbons (Fsp3) is 0.588. The van der Waals surface area contributed by atoms with E-state index < -0.39 is 5.60 Å². The third-order valence-electron chi connectivity index (χ3n) is 9.55. The highest BCUT2D eigenvalue weighted by Gasteiger charge is 2.38. The third-order valence-corrected chi connectivity index (χ3v) is 9.55. The van der Waals surface area contributed by atoms with Gasteiger partial charge in [0.15, 0.2) is 0 Å². The van der Waals surface area contributed by atoms with Gasteiger partial charge in [-0.1, -0.05) is 31.5 Å². The van der Waals surface area contributed by atoms with Crippen LogP contribution in [0.3, 0.4) is 0 Å². The number of aryl methyl sites for hydroxylation is 2. The molecule has 2 aromatic heterocycles. The molecule has 2 amide bonds. The minimum absolute atomic E-state index is 0.0665. The van der Waals surface area contributed by atoms with Crippen molar-refractivity contribution in [3.63, 3.8) is 0 Å². The van der Waals surface area contributed by atoms with Crippen molar-refractivity contribution in [2.24, 2.45) is 7.05 Å². The number of ether oxygens (including phenoxy) is 1. The Bertz CT molecular complexity index is 1530. The lowest BCUT2D eigenvalue weighted by atomic mass is 9.73. The summed E-state index contributed by atoms with van der Waals surface area (Å²) in [6, 6.07) is 7.06. The van der Waals surface area contributed by atoms with Crippen LogP contribution in [0, 0.1) is 0 Å². The number of carbonyl (C=O) groups excluding carboxylic acids is 2. The second-order valence-electron chi connectivity index (χ2n) is 14.1. The molecule has 1 aliphatic carbocycles. The average Bonchev–Trinajstić information content (AvgIpc) is 3.66. The van der Waals surface area contributed by atoms with E-state index in [1.165, 1.54) is 40.8 Å². The van der Waals surface area contributed by atoms with Crippen molar-refractivity contribution >= 4 is 12.0 Å². The molecule has 0 bridgehead atoms. The lowest BCUT2D eigenvalue weighted by molar-refractivity contribution is -0.129. The van der Waals surface area contributed by atoms with Gasteiger partial charge in [0, 0.05) is 76.0 Å². The van der Waals surface area contributed by atoms with Crippen molar-refractivity contribution in [2.45, 2.75) is 103 Å². The fourth-order valence-corrected chi connectivity index (χ4v) is 7.32. The van der Waals surface area contributed by atoms with Crippen LogP contribution >= 0.6 is 0 Å². The molecule has 0 spiro atoms. The first-order valence-electron chi connectivity index (χ1n) is 15.9. The largest absolute Gasteiger partial charge is 0.444 e. The van der Waals surface area contributed by atoms with Crippen LogP contribution in [0.1, 0.15) is 94.4 Å². The number of likely N-dealkylation sites (tertiary alicyclic amines) is 1. The van der Waals surface area contributed by atoms with Crippen LogP contribution in [0.4, 0.5) is 4.79 Å². The zero-order valence-corrected chi connectivity index (χ0v) is 26.7. The molecule has 9 heteroatoms. The van der Waals surface area contributed by atoms with Crippen LogP contribution in [0.25, 0.3) is 11.1 Å². The SMILES string of the molecule is CC(=O)N1CCc2c(c(C[C@@]3(C)CCCCc4cc(-c5cnn(C)c5)ccc43)nn2C2CCN(C(=O)OC(C)(C)C)C2)C1. The molecule has 230 valence electrons. The van der Waals surface area contributed by atoms with Crippen LogP contribution in [0.5, 0.6) is 0 Å². The van der Waals surface area contributed by atoms with Gasteiger partial charge in [-0.05, 0) is 68.6 Å². The highest BCUT2D eigenvalue weighted by molar-refractivity contribution is 5.73. The summed E-state index contributed by atoms with van der Waals surface area (Å²) in [4.78, 5) is 29.1. The molecular formula is C34H46N6O3. The maximum atomic E-state index is 12.8. The van der Waals surface area contributed by atoms with E-state index in [0.29, 0.717) is 26.2 Å². The summed E-state index contributed by atoms with van der Waals surface area (Å²) in [5.41, 5.74) is 8.14. The van der Waals surface area contributed by atoms with Gasteiger partial charge in [0.25, 0.3) is 0 Å². The number of hydrogen-bond acceptors (Lipinski definition) is 5. The number of nitrogens with zero attached hydrogens (tertiary/aromatic N) is 6. The van der Waals surface area contributed by atoms with E-state index in [-0.39, 0.29) is 23.5 Å². The van der Waals surface area contributed by atoms with Gasteiger partial charge in [-0.15, -0.1) is 0 Å². The van der Waals surface area contributed by atoms with Crippen LogP contribution in [-0.2, 0) is 47.8 Å². The quantitative estimate of drug-likeness (QED) is 0.372. The molecule has 3 aromatic rings. The summed E-state index contributed by atoms with van der Waals surface area (Å²) in [6.07, 6.45) is 10.7. The second-order valence-corrected chi connectivity index (χ2v) is 14.1. The van der Waals surface area contributed by atoms with Crippen LogP contribution in [0.2, 0.25) is 0 Å². The Morgan fingerprint density at radius 3 is 2.63 bits per heavy atom. The van der Waals surface area contributed by atoms with Gasteiger partial charge in [0.2, 0.25) is 5.91 Å². The highest BCUT2D eigenvalue weighted by atomic mass is 16.6. The summed E-state index contributed by atoms with van der Waals surface area (Å²) < 4.78 is 9.73. The number of aromatic nitrogens is 4. The van der Waals surface area contributed by atoms with Crippen molar-refractivity contribution in [3.05, 3.63) is 58.7 Å². The first-order valence-corrected chi connectivity index (χ1v) is 15.9. The van der Waals surface area contributed by atoms with Crippen LogP contribution in [-0.4, -0.2) is 66.6 Å². The maximum absolute atomic E-state index is 12.8. The number of amides is 2. The van der Waals surface area contributed by atoms with Gasteiger partial charge < -0.3 is 14.5 Å². The first kappa shape index (κ1) is 29.5. The Hall–Kier alpha value is -3.62. The smallest absolute Gasteiger partial charge is 0.410 e. The van der Waals surface area contributed by atoms with Crippen LogP contribution in [0.15, 0.2) is 30.6 Å². The molecule has 0 radical (unpaired) electrons. The molecule has 9 nitrogen and oxygen atoms in total. The number of benzene rings is 1. The molecular weight excluding hydrogens is 540 g/mol. The zero-order chi connectivity index (χ0) is 30.5. The molecule has 1 saturated heterocycles. The summed E-state index contributed by atoms with van der Waals surface area (Å²) >= 11 is 0. The summed E-state index contributed by atoms with van der Waals surface area (Å²) in [5.74, 6) is 0.107. The van der Waals surface area contributed by atoms with E-state index in [9.17, 15) is 9.59 Å². The minimum Gasteiger partial charge on any atom is -0.444 e. The summed E-state index contributed by atoms with van der Waals surface area (Å²) in [5, 5.41) is 9.72. The monoisotopic (exact) mass is 586 g/mol. The Morgan fingerprint density at radius 2 is 1.91 bits per heavy atom. The normalized spacial score (nSPS) is 22.2. The molecule has 0 saturated carbocycles. The van der Waals surface area contributed by atoms with Crippen molar-refractivity contribution in [1.82, 2.24) is 29.4 Å². The molecule has 2 atom stereocenters. The number of rotatable bonds is 4. The minimum atomic E-state index is -0.521. The molecule has 3 aliphatic rings. The van der Waals surface area contributed by atoms with E-state index >= 15 is 0 Å². The predicted octanol–water partition coefficient (Wildman–Crippen LogP) is 5.60. The number of hydrogen-bond donors (Lipinski definition) is 0. The average molecular weight is 587 g/mol. The Balaban J connectivity index is 1.32. The standard InChI is InChI=1S/C34H46N6O3/c1-23(41)38-16-13-31-28(22-38)30(36-40(31)27-12-15-39(21-27)32(42)43-33(2,3)4)18-34(5)14-8-7-9-25-17-24(10-11-29(25)34)26-19-35-37(6)20-26/h10-11,17,19-20,27H,7-9,12-16,18,21-22H2,1-6H3/t27?,34-/m1/s1. The number of carbonyl (C=O) groups is 2. The maximum Gasteiger partial charge on any atom is 0.410 e. The van der Waals surface area contributed by atoms with E-state index in [1.807, 2.05) is 48.5 Å². The molecule has 6 rings (SSSR count). The fourth-order valence-electron chi connectivity index (χ4n) is 7.32. The van der Waals surface area contributed by atoms with Crippen LogP contribution < -0.4 is 0 Å². The van der Waals surface area contributed by atoms with Gasteiger partial charge in [0.05, 0.1) is 17.9 Å². The van der Waals surface area contributed by atoms with Gasteiger partial charge >= 0.3 is 6.09 Å². The van der Waals surface area contributed by atoms with Gasteiger partial charge in [0.1, 0.15) is 5.60 Å². The zero-order valence-electron chi connectivity index (χ0n) is 26.7. The molecule has 2 aliphatic heterocycles.